The SMILES string of the molecule is CNCC(F)c1ccc(SC)cc1. The first-order chi connectivity index (χ1) is 6.27. The Balaban J connectivity index is 2.67. The summed E-state index contributed by atoms with van der Waals surface area (Å²) in [6, 6.07) is 7.58. The van der Waals surface area contributed by atoms with Gasteiger partial charge in [-0.2, -0.15) is 0 Å². The van der Waals surface area contributed by atoms with Gasteiger partial charge in [-0.3, -0.25) is 0 Å². The summed E-state index contributed by atoms with van der Waals surface area (Å²) in [6.07, 6.45) is 1.11. The van der Waals surface area contributed by atoms with Crippen LogP contribution in [0.1, 0.15) is 11.7 Å². The molecule has 0 fully saturated rings. The van der Waals surface area contributed by atoms with Crippen LogP contribution in [-0.2, 0) is 0 Å². The lowest BCUT2D eigenvalue weighted by Crippen LogP contribution is -2.13. The highest BCUT2D eigenvalue weighted by molar-refractivity contribution is 7.98. The Kier molecular flexibility index (Phi) is 4.25. The summed E-state index contributed by atoms with van der Waals surface area (Å²) in [4.78, 5) is 1.17. The van der Waals surface area contributed by atoms with Crippen LogP contribution in [0.3, 0.4) is 0 Å². The van der Waals surface area contributed by atoms with Crippen LogP contribution in [-0.4, -0.2) is 19.8 Å². The molecule has 0 aliphatic rings. The van der Waals surface area contributed by atoms with Crippen LogP contribution in [0.5, 0.6) is 0 Å². The van der Waals surface area contributed by atoms with Crippen LogP contribution in [0.4, 0.5) is 4.39 Å². The monoisotopic (exact) mass is 199 g/mol. The van der Waals surface area contributed by atoms with E-state index < -0.39 is 6.17 Å². The minimum Gasteiger partial charge on any atom is -0.317 e. The molecule has 0 aromatic heterocycles. The number of rotatable bonds is 4. The summed E-state index contributed by atoms with van der Waals surface area (Å²) in [5.74, 6) is 0. The maximum absolute atomic E-state index is 13.3. The van der Waals surface area contributed by atoms with E-state index in [-0.39, 0.29) is 0 Å². The number of benzene rings is 1. The van der Waals surface area contributed by atoms with Gasteiger partial charge in [0, 0.05) is 11.4 Å². The molecule has 0 spiro atoms. The second-order valence-electron chi connectivity index (χ2n) is 2.80. The number of thioether (sulfide) groups is 1. The predicted molar refractivity (Wildman–Crippen MR) is 56.0 cm³/mol. The third-order valence-corrected chi connectivity index (χ3v) is 2.60. The first kappa shape index (κ1) is 10.5. The molecule has 0 saturated heterocycles. The molecule has 0 aliphatic heterocycles. The molecule has 1 rings (SSSR count). The van der Waals surface area contributed by atoms with Gasteiger partial charge in [-0.1, -0.05) is 12.1 Å². The summed E-state index contributed by atoms with van der Waals surface area (Å²) >= 11 is 1.66. The number of nitrogens with one attached hydrogen (secondary N) is 1. The molecule has 1 aromatic rings. The average Bonchev–Trinajstić information content (AvgIpc) is 2.18. The molecule has 1 N–H and O–H groups in total. The zero-order chi connectivity index (χ0) is 9.68. The smallest absolute Gasteiger partial charge is 0.137 e. The molecular weight excluding hydrogens is 185 g/mol. The molecule has 72 valence electrons. The summed E-state index contributed by atoms with van der Waals surface area (Å²) in [5, 5.41) is 2.81. The van der Waals surface area contributed by atoms with E-state index in [2.05, 4.69) is 5.32 Å². The highest BCUT2D eigenvalue weighted by atomic mass is 32.2. The second kappa shape index (κ2) is 5.25. The highest BCUT2D eigenvalue weighted by Gasteiger charge is 2.07. The van der Waals surface area contributed by atoms with E-state index in [4.69, 9.17) is 0 Å². The minimum absolute atomic E-state index is 0.374. The Morgan fingerprint density at radius 2 is 2.00 bits per heavy atom. The van der Waals surface area contributed by atoms with E-state index in [0.29, 0.717) is 6.54 Å². The van der Waals surface area contributed by atoms with Gasteiger partial charge in [0.05, 0.1) is 0 Å². The van der Waals surface area contributed by atoms with Crippen molar-refractivity contribution in [1.82, 2.24) is 5.32 Å². The normalized spacial score (nSPS) is 12.8. The zero-order valence-electron chi connectivity index (χ0n) is 7.88. The Morgan fingerprint density at radius 3 is 2.46 bits per heavy atom. The van der Waals surface area contributed by atoms with Gasteiger partial charge in [-0.25, -0.2) is 4.39 Å². The molecule has 13 heavy (non-hydrogen) atoms. The third kappa shape index (κ3) is 3.01. The van der Waals surface area contributed by atoms with Crippen LogP contribution in [0.25, 0.3) is 0 Å². The second-order valence-corrected chi connectivity index (χ2v) is 3.68. The molecule has 0 heterocycles. The van der Waals surface area contributed by atoms with Gasteiger partial charge in [-0.05, 0) is 31.0 Å². The van der Waals surface area contributed by atoms with Crippen molar-refractivity contribution in [2.45, 2.75) is 11.1 Å². The Morgan fingerprint density at radius 1 is 1.38 bits per heavy atom. The van der Waals surface area contributed by atoms with E-state index >= 15 is 0 Å². The Bertz CT molecular complexity index is 248. The zero-order valence-corrected chi connectivity index (χ0v) is 8.70. The van der Waals surface area contributed by atoms with Gasteiger partial charge in [0.1, 0.15) is 6.17 Å². The van der Waals surface area contributed by atoms with E-state index in [0.717, 1.165) is 5.56 Å². The van der Waals surface area contributed by atoms with Crippen molar-refractivity contribution < 1.29 is 4.39 Å². The number of hydrogen-bond acceptors (Lipinski definition) is 2. The number of hydrogen-bond donors (Lipinski definition) is 1. The predicted octanol–water partition coefficient (Wildman–Crippen LogP) is 2.64. The highest BCUT2D eigenvalue weighted by Crippen LogP contribution is 2.20. The van der Waals surface area contributed by atoms with Crippen molar-refractivity contribution in [3.05, 3.63) is 29.8 Å². The van der Waals surface area contributed by atoms with Crippen molar-refractivity contribution in [3.63, 3.8) is 0 Å². The van der Waals surface area contributed by atoms with E-state index in [1.807, 2.05) is 30.5 Å². The third-order valence-electron chi connectivity index (χ3n) is 1.86. The van der Waals surface area contributed by atoms with Gasteiger partial charge < -0.3 is 5.32 Å². The van der Waals surface area contributed by atoms with Gasteiger partial charge in [0.2, 0.25) is 0 Å². The molecule has 1 nitrogen and oxygen atoms in total. The lowest BCUT2D eigenvalue weighted by molar-refractivity contribution is 0.335. The quantitative estimate of drug-likeness (QED) is 0.748. The summed E-state index contributed by atoms with van der Waals surface area (Å²) < 4.78 is 13.3. The van der Waals surface area contributed by atoms with Gasteiger partial charge in [0.25, 0.3) is 0 Å². The first-order valence-electron chi connectivity index (χ1n) is 4.20. The number of likely N-dealkylation sites (N-methyl/N-ethyl adjacent to an activating group) is 1. The van der Waals surface area contributed by atoms with E-state index in [1.54, 1.807) is 18.8 Å². The maximum Gasteiger partial charge on any atom is 0.137 e. The Labute approximate surface area is 82.7 Å². The van der Waals surface area contributed by atoms with E-state index in [9.17, 15) is 4.39 Å². The molecule has 1 unspecified atom stereocenters. The molecule has 1 aromatic carbocycles. The van der Waals surface area contributed by atoms with Crippen LogP contribution >= 0.6 is 11.8 Å². The summed E-state index contributed by atoms with van der Waals surface area (Å²) in [7, 11) is 1.75. The topological polar surface area (TPSA) is 12.0 Å². The Hall–Kier alpha value is -0.540. The summed E-state index contributed by atoms with van der Waals surface area (Å²) in [6.45, 7) is 0.374. The molecule has 0 saturated carbocycles. The van der Waals surface area contributed by atoms with Crippen molar-refractivity contribution in [2.24, 2.45) is 0 Å². The fraction of sp³-hybridized carbons (Fsp3) is 0.400. The van der Waals surface area contributed by atoms with Gasteiger partial charge in [0.15, 0.2) is 0 Å². The van der Waals surface area contributed by atoms with Crippen molar-refractivity contribution >= 4 is 11.8 Å². The largest absolute Gasteiger partial charge is 0.317 e. The number of alkyl halides is 1. The molecule has 3 heteroatoms. The molecule has 0 amide bonds. The molecule has 0 bridgehead atoms. The maximum atomic E-state index is 13.3. The van der Waals surface area contributed by atoms with Crippen molar-refractivity contribution in [2.75, 3.05) is 19.8 Å². The lowest BCUT2D eigenvalue weighted by atomic mass is 10.1. The molecular formula is C10H14FNS. The fourth-order valence-corrected chi connectivity index (χ4v) is 1.52. The molecule has 1 atom stereocenters. The summed E-state index contributed by atoms with van der Waals surface area (Å²) in [5.41, 5.74) is 0.743. The van der Waals surface area contributed by atoms with Crippen LogP contribution in [0.2, 0.25) is 0 Å². The van der Waals surface area contributed by atoms with Crippen molar-refractivity contribution in [3.8, 4) is 0 Å². The molecule has 0 aliphatic carbocycles. The number of halogens is 1. The van der Waals surface area contributed by atoms with Crippen LogP contribution < -0.4 is 5.32 Å². The van der Waals surface area contributed by atoms with E-state index in [1.165, 1.54) is 4.90 Å². The lowest BCUT2D eigenvalue weighted by Gasteiger charge is -2.07. The first-order valence-corrected chi connectivity index (χ1v) is 5.43. The molecule has 0 radical (unpaired) electrons. The van der Waals surface area contributed by atoms with Crippen LogP contribution in [0.15, 0.2) is 29.2 Å². The van der Waals surface area contributed by atoms with Crippen LogP contribution in [0, 0.1) is 0 Å². The average molecular weight is 199 g/mol. The fourth-order valence-electron chi connectivity index (χ4n) is 1.11. The van der Waals surface area contributed by atoms with Crippen molar-refractivity contribution in [1.29, 1.82) is 0 Å². The van der Waals surface area contributed by atoms with Gasteiger partial charge >= 0.3 is 0 Å². The van der Waals surface area contributed by atoms with Gasteiger partial charge in [-0.15, -0.1) is 11.8 Å². The standard InChI is InChI=1S/C10H14FNS/c1-12-7-10(11)8-3-5-9(13-2)6-4-8/h3-6,10,12H,7H2,1-2H3. The minimum atomic E-state index is -0.902.